The Morgan fingerprint density at radius 3 is 2.45 bits per heavy atom. The van der Waals surface area contributed by atoms with Crippen molar-refractivity contribution in [1.29, 1.82) is 0 Å². The van der Waals surface area contributed by atoms with Crippen LogP contribution in [0.2, 0.25) is 13.1 Å². The van der Waals surface area contributed by atoms with Gasteiger partial charge in [-0.15, -0.1) is 6.58 Å². The van der Waals surface area contributed by atoms with E-state index >= 15 is 0 Å². The molecule has 0 unspecified atom stereocenters. The standard InChI is InChI=1S/C20H22OSi/c1-4-15-20(16-14-17-10-6-5-7-11-17)18-12-8-9-13-19(18)22(2,3)21-20/h4-14,16H,1,15H2,2-3H3/b16-14+/t20-/m1/s1. The molecule has 0 amide bonds. The van der Waals surface area contributed by atoms with Crippen LogP contribution in [-0.2, 0) is 10.0 Å². The summed E-state index contributed by atoms with van der Waals surface area (Å²) in [6.45, 7) is 8.49. The maximum absolute atomic E-state index is 6.65. The van der Waals surface area contributed by atoms with Crippen molar-refractivity contribution in [2.45, 2.75) is 25.1 Å². The molecule has 2 aromatic carbocycles. The van der Waals surface area contributed by atoms with Crippen LogP contribution >= 0.6 is 0 Å². The van der Waals surface area contributed by atoms with Gasteiger partial charge in [-0.3, -0.25) is 0 Å². The van der Waals surface area contributed by atoms with Gasteiger partial charge in [-0.05, 0) is 35.5 Å². The van der Waals surface area contributed by atoms with Crippen LogP contribution in [0.4, 0.5) is 0 Å². The SMILES string of the molecule is C=CC[C@]1(/C=C/c2ccccc2)O[Si](C)(C)c2ccccc21. The largest absolute Gasteiger partial charge is 0.400 e. The molecule has 2 aromatic rings. The molecule has 2 heteroatoms. The molecule has 1 heterocycles. The quantitative estimate of drug-likeness (QED) is 0.592. The van der Waals surface area contributed by atoms with Gasteiger partial charge in [0.1, 0.15) is 5.60 Å². The van der Waals surface area contributed by atoms with Gasteiger partial charge in [-0.25, -0.2) is 0 Å². The third kappa shape index (κ3) is 2.60. The molecular weight excluding hydrogens is 284 g/mol. The van der Waals surface area contributed by atoms with Crippen molar-refractivity contribution in [3.63, 3.8) is 0 Å². The zero-order chi connectivity index (χ0) is 15.6. The molecular formula is C20H22OSi. The van der Waals surface area contributed by atoms with E-state index in [1.807, 2.05) is 12.1 Å². The van der Waals surface area contributed by atoms with E-state index in [1.165, 1.54) is 16.3 Å². The highest BCUT2D eigenvalue weighted by Crippen LogP contribution is 2.40. The number of rotatable bonds is 4. The minimum Gasteiger partial charge on any atom is -0.400 e. The Bertz CT molecular complexity index is 703. The van der Waals surface area contributed by atoms with Crippen molar-refractivity contribution in [2.24, 2.45) is 0 Å². The Kier molecular flexibility index (Phi) is 3.90. The second kappa shape index (κ2) is 5.71. The van der Waals surface area contributed by atoms with Crippen molar-refractivity contribution in [2.75, 3.05) is 0 Å². The molecule has 0 aliphatic carbocycles. The first-order valence-corrected chi connectivity index (χ1v) is 10.6. The zero-order valence-corrected chi connectivity index (χ0v) is 14.3. The lowest BCUT2D eigenvalue weighted by Gasteiger charge is -2.29. The van der Waals surface area contributed by atoms with Gasteiger partial charge in [-0.1, -0.05) is 66.7 Å². The normalized spacial score (nSPS) is 22.6. The molecule has 1 atom stereocenters. The Morgan fingerprint density at radius 2 is 1.73 bits per heavy atom. The van der Waals surface area contributed by atoms with Crippen LogP contribution in [0.3, 0.4) is 0 Å². The Hall–Kier alpha value is -1.90. The molecule has 1 aliphatic heterocycles. The molecule has 112 valence electrons. The van der Waals surface area contributed by atoms with Crippen molar-refractivity contribution < 1.29 is 4.43 Å². The van der Waals surface area contributed by atoms with Gasteiger partial charge in [0.15, 0.2) is 0 Å². The third-order valence-corrected chi connectivity index (χ3v) is 6.87. The molecule has 0 saturated carbocycles. The highest BCUT2D eigenvalue weighted by molar-refractivity contribution is 6.85. The van der Waals surface area contributed by atoms with E-state index in [0.29, 0.717) is 0 Å². The van der Waals surface area contributed by atoms with E-state index < -0.39 is 8.32 Å². The predicted molar refractivity (Wildman–Crippen MR) is 96.6 cm³/mol. The molecule has 0 radical (unpaired) electrons. The van der Waals surface area contributed by atoms with Crippen molar-refractivity contribution >= 4 is 19.6 Å². The summed E-state index contributed by atoms with van der Waals surface area (Å²) >= 11 is 0. The molecule has 1 nitrogen and oxygen atoms in total. The minimum atomic E-state index is -1.87. The molecule has 1 aliphatic rings. The highest BCUT2D eigenvalue weighted by atomic mass is 28.4. The van der Waals surface area contributed by atoms with Crippen molar-refractivity contribution in [3.8, 4) is 0 Å². The summed E-state index contributed by atoms with van der Waals surface area (Å²) in [4.78, 5) is 0. The Labute approximate surface area is 134 Å². The molecule has 0 bridgehead atoms. The van der Waals surface area contributed by atoms with Crippen LogP contribution in [0.5, 0.6) is 0 Å². The molecule has 3 rings (SSSR count). The van der Waals surface area contributed by atoms with E-state index in [-0.39, 0.29) is 5.60 Å². The topological polar surface area (TPSA) is 9.23 Å². The lowest BCUT2D eigenvalue weighted by atomic mass is 9.89. The smallest absolute Gasteiger partial charge is 0.220 e. The summed E-state index contributed by atoms with van der Waals surface area (Å²) in [5.74, 6) is 0. The number of hydrogen-bond donors (Lipinski definition) is 0. The van der Waals surface area contributed by atoms with Crippen LogP contribution in [0, 0.1) is 0 Å². The summed E-state index contributed by atoms with van der Waals surface area (Å²) in [6.07, 6.45) is 7.13. The summed E-state index contributed by atoms with van der Waals surface area (Å²) in [6, 6.07) is 19.0. The third-order valence-electron chi connectivity index (χ3n) is 4.26. The van der Waals surface area contributed by atoms with Crippen LogP contribution in [-0.4, -0.2) is 8.32 Å². The first-order valence-electron chi connectivity index (χ1n) is 7.73. The second-order valence-electron chi connectivity index (χ2n) is 6.28. The molecule has 0 saturated heterocycles. The Morgan fingerprint density at radius 1 is 1.05 bits per heavy atom. The Balaban J connectivity index is 2.07. The second-order valence-corrected chi connectivity index (χ2v) is 10.0. The lowest BCUT2D eigenvalue weighted by molar-refractivity contribution is 0.132. The van der Waals surface area contributed by atoms with Crippen LogP contribution in [0.25, 0.3) is 6.08 Å². The van der Waals surface area contributed by atoms with Gasteiger partial charge in [-0.2, -0.15) is 0 Å². The van der Waals surface area contributed by atoms with Crippen molar-refractivity contribution in [1.82, 2.24) is 0 Å². The van der Waals surface area contributed by atoms with Gasteiger partial charge >= 0.3 is 0 Å². The average Bonchev–Trinajstić information content (AvgIpc) is 2.75. The fraction of sp³-hybridized carbons (Fsp3) is 0.200. The first-order chi connectivity index (χ1) is 10.6. The fourth-order valence-electron chi connectivity index (χ4n) is 3.30. The predicted octanol–water partition coefficient (Wildman–Crippen LogP) is 4.61. The van der Waals surface area contributed by atoms with Gasteiger partial charge < -0.3 is 4.43 Å². The van der Waals surface area contributed by atoms with Crippen LogP contribution < -0.4 is 5.19 Å². The summed E-state index contributed by atoms with van der Waals surface area (Å²) in [5.41, 5.74) is 2.13. The average molecular weight is 306 g/mol. The number of fused-ring (bicyclic) bond motifs is 1. The molecule has 0 fully saturated rings. The van der Waals surface area contributed by atoms with Crippen molar-refractivity contribution in [3.05, 3.63) is 84.5 Å². The van der Waals surface area contributed by atoms with E-state index in [0.717, 1.165) is 6.42 Å². The monoisotopic (exact) mass is 306 g/mol. The van der Waals surface area contributed by atoms with E-state index in [1.54, 1.807) is 0 Å². The number of benzene rings is 2. The molecule has 0 N–H and O–H groups in total. The van der Waals surface area contributed by atoms with Crippen LogP contribution in [0.15, 0.2) is 73.3 Å². The van der Waals surface area contributed by atoms with Gasteiger partial charge in [0.25, 0.3) is 0 Å². The van der Waals surface area contributed by atoms with E-state index in [4.69, 9.17) is 4.43 Å². The summed E-state index contributed by atoms with van der Waals surface area (Å²) < 4.78 is 6.65. The summed E-state index contributed by atoms with van der Waals surface area (Å²) in [5, 5.41) is 1.40. The maximum atomic E-state index is 6.65. The first kappa shape index (κ1) is 15.0. The highest BCUT2D eigenvalue weighted by Gasteiger charge is 2.47. The van der Waals surface area contributed by atoms with Gasteiger partial charge in [0.2, 0.25) is 8.32 Å². The van der Waals surface area contributed by atoms with E-state index in [9.17, 15) is 0 Å². The van der Waals surface area contributed by atoms with Crippen LogP contribution in [0.1, 0.15) is 17.5 Å². The maximum Gasteiger partial charge on any atom is 0.220 e. The lowest BCUT2D eigenvalue weighted by Crippen LogP contribution is -2.40. The molecule has 0 aromatic heterocycles. The van der Waals surface area contributed by atoms with Gasteiger partial charge in [0.05, 0.1) is 0 Å². The fourth-order valence-corrected chi connectivity index (χ4v) is 6.02. The minimum absolute atomic E-state index is 0.371. The number of hydrogen-bond acceptors (Lipinski definition) is 1. The zero-order valence-electron chi connectivity index (χ0n) is 13.3. The summed E-state index contributed by atoms with van der Waals surface area (Å²) in [7, 11) is -1.87. The molecule has 22 heavy (non-hydrogen) atoms. The van der Waals surface area contributed by atoms with Gasteiger partial charge in [0, 0.05) is 6.42 Å². The molecule has 0 spiro atoms. The van der Waals surface area contributed by atoms with E-state index in [2.05, 4.69) is 80.4 Å².